The van der Waals surface area contributed by atoms with Gasteiger partial charge in [-0.2, -0.15) is 0 Å². The zero-order valence-corrected chi connectivity index (χ0v) is 14.3. The van der Waals surface area contributed by atoms with Crippen molar-refractivity contribution < 1.29 is 14.6 Å². The van der Waals surface area contributed by atoms with E-state index in [4.69, 9.17) is 4.74 Å². The highest BCUT2D eigenvalue weighted by Gasteiger charge is 2.11. The van der Waals surface area contributed by atoms with Crippen molar-refractivity contribution in [2.75, 3.05) is 6.54 Å². The maximum atomic E-state index is 12.1. The average molecular weight is 333 g/mol. The minimum absolute atomic E-state index is 0.150. The van der Waals surface area contributed by atoms with Gasteiger partial charge in [-0.1, -0.05) is 26.0 Å². The number of benzene rings is 1. The van der Waals surface area contributed by atoms with Crippen LogP contribution in [0.2, 0.25) is 0 Å². The fraction of sp³-hybridized carbons (Fsp3) is 0.389. The largest absolute Gasteiger partial charge is 0.488 e. The van der Waals surface area contributed by atoms with E-state index in [0.717, 1.165) is 4.88 Å². The van der Waals surface area contributed by atoms with E-state index in [1.54, 1.807) is 23.5 Å². The lowest BCUT2D eigenvalue weighted by molar-refractivity contribution is 0.0919. The van der Waals surface area contributed by atoms with E-state index in [0.29, 0.717) is 30.9 Å². The van der Waals surface area contributed by atoms with Gasteiger partial charge in [0.2, 0.25) is 0 Å². The van der Waals surface area contributed by atoms with Crippen molar-refractivity contribution in [3.8, 4) is 5.75 Å². The van der Waals surface area contributed by atoms with E-state index in [2.05, 4.69) is 5.32 Å². The van der Waals surface area contributed by atoms with Gasteiger partial charge in [0.25, 0.3) is 5.91 Å². The van der Waals surface area contributed by atoms with Gasteiger partial charge in [-0.15, -0.1) is 11.3 Å². The van der Waals surface area contributed by atoms with Crippen LogP contribution in [0.15, 0.2) is 41.8 Å². The van der Waals surface area contributed by atoms with Gasteiger partial charge in [-0.25, -0.2) is 0 Å². The molecule has 1 aromatic heterocycles. The molecule has 1 heterocycles. The lowest BCUT2D eigenvalue weighted by atomic mass is 10.0. The number of nitrogens with one attached hydrogen (secondary N) is 1. The Bertz CT molecular complexity index is 610. The zero-order chi connectivity index (χ0) is 16.7. The third kappa shape index (κ3) is 5.69. The molecule has 1 aromatic carbocycles. The van der Waals surface area contributed by atoms with Crippen molar-refractivity contribution in [1.82, 2.24) is 5.32 Å². The summed E-state index contributed by atoms with van der Waals surface area (Å²) in [5.41, 5.74) is 0.563. The van der Waals surface area contributed by atoms with Gasteiger partial charge in [0.05, 0.1) is 6.10 Å². The van der Waals surface area contributed by atoms with Crippen LogP contribution in [-0.4, -0.2) is 23.7 Å². The second-order valence-electron chi connectivity index (χ2n) is 5.75. The Labute approximate surface area is 141 Å². The molecule has 2 aromatic rings. The van der Waals surface area contributed by atoms with Crippen LogP contribution in [0.1, 0.15) is 35.5 Å². The first-order chi connectivity index (χ1) is 11.1. The predicted octanol–water partition coefficient (Wildman–Crippen LogP) is 3.46. The standard InChI is InChI=1S/C18H23NO3S/c1-13(2)17(20)8-9-19-18(21)14-5-3-6-15(11-14)22-12-16-7-4-10-23-16/h3-7,10-11,13,17,20H,8-9,12H2,1-2H3,(H,19,21). The second kappa shape index (κ2) is 8.70. The van der Waals surface area contributed by atoms with Crippen LogP contribution in [0.5, 0.6) is 5.75 Å². The number of hydrogen-bond acceptors (Lipinski definition) is 4. The number of rotatable bonds is 8. The van der Waals surface area contributed by atoms with E-state index >= 15 is 0 Å². The lowest BCUT2D eigenvalue weighted by Gasteiger charge is -2.14. The quantitative estimate of drug-likeness (QED) is 0.778. The van der Waals surface area contributed by atoms with E-state index in [1.807, 2.05) is 43.5 Å². The monoisotopic (exact) mass is 333 g/mol. The van der Waals surface area contributed by atoms with E-state index < -0.39 is 6.10 Å². The number of aliphatic hydroxyl groups excluding tert-OH is 1. The second-order valence-corrected chi connectivity index (χ2v) is 6.78. The minimum Gasteiger partial charge on any atom is -0.488 e. The molecule has 0 bridgehead atoms. The van der Waals surface area contributed by atoms with Crippen molar-refractivity contribution in [1.29, 1.82) is 0 Å². The Morgan fingerprint density at radius 3 is 2.83 bits per heavy atom. The summed E-state index contributed by atoms with van der Waals surface area (Å²) in [5, 5.41) is 14.6. The third-order valence-corrected chi connectivity index (χ3v) is 4.40. The first-order valence-electron chi connectivity index (χ1n) is 7.78. The molecule has 0 spiro atoms. The van der Waals surface area contributed by atoms with Crippen LogP contribution < -0.4 is 10.1 Å². The molecule has 0 radical (unpaired) electrons. The molecule has 2 N–H and O–H groups in total. The number of ether oxygens (including phenoxy) is 1. The van der Waals surface area contributed by atoms with Crippen LogP contribution in [0, 0.1) is 5.92 Å². The van der Waals surface area contributed by atoms with Crippen molar-refractivity contribution in [2.24, 2.45) is 5.92 Å². The topological polar surface area (TPSA) is 58.6 Å². The molecule has 5 heteroatoms. The van der Waals surface area contributed by atoms with Crippen molar-refractivity contribution in [3.63, 3.8) is 0 Å². The third-order valence-electron chi connectivity index (χ3n) is 3.55. The summed E-state index contributed by atoms with van der Waals surface area (Å²) in [6, 6.07) is 11.1. The fourth-order valence-electron chi connectivity index (χ4n) is 2.05. The minimum atomic E-state index is -0.393. The van der Waals surface area contributed by atoms with Crippen LogP contribution >= 0.6 is 11.3 Å². The van der Waals surface area contributed by atoms with Gasteiger partial charge in [0.15, 0.2) is 0 Å². The summed E-state index contributed by atoms with van der Waals surface area (Å²) in [7, 11) is 0. The summed E-state index contributed by atoms with van der Waals surface area (Å²) in [4.78, 5) is 13.3. The first-order valence-corrected chi connectivity index (χ1v) is 8.65. The Balaban J connectivity index is 1.84. The highest BCUT2D eigenvalue weighted by Crippen LogP contribution is 2.17. The summed E-state index contributed by atoms with van der Waals surface area (Å²) in [5.74, 6) is 0.719. The molecule has 1 atom stereocenters. The Kier molecular flexibility index (Phi) is 6.62. The molecule has 0 saturated heterocycles. The number of carbonyl (C=O) groups is 1. The summed E-state index contributed by atoms with van der Waals surface area (Å²) >= 11 is 1.64. The van der Waals surface area contributed by atoms with Crippen LogP contribution in [0.25, 0.3) is 0 Å². The number of amides is 1. The molecule has 1 unspecified atom stereocenters. The predicted molar refractivity (Wildman–Crippen MR) is 92.9 cm³/mol. The Morgan fingerprint density at radius 2 is 2.13 bits per heavy atom. The molecular formula is C18H23NO3S. The van der Waals surface area contributed by atoms with Gasteiger partial charge < -0.3 is 15.2 Å². The maximum Gasteiger partial charge on any atom is 0.251 e. The first kappa shape index (κ1) is 17.5. The normalized spacial score (nSPS) is 12.2. The van der Waals surface area contributed by atoms with Gasteiger partial charge >= 0.3 is 0 Å². The van der Waals surface area contributed by atoms with Crippen LogP contribution in [0.4, 0.5) is 0 Å². The summed E-state index contributed by atoms with van der Waals surface area (Å²) < 4.78 is 5.71. The summed E-state index contributed by atoms with van der Waals surface area (Å²) in [6.07, 6.45) is 0.161. The van der Waals surface area contributed by atoms with Crippen LogP contribution in [-0.2, 0) is 6.61 Å². The highest BCUT2D eigenvalue weighted by molar-refractivity contribution is 7.09. The molecule has 0 aliphatic carbocycles. The highest BCUT2D eigenvalue weighted by atomic mass is 32.1. The molecular weight excluding hydrogens is 310 g/mol. The molecule has 2 rings (SSSR count). The van der Waals surface area contributed by atoms with Crippen molar-refractivity contribution in [3.05, 3.63) is 52.2 Å². The molecule has 0 saturated carbocycles. The van der Waals surface area contributed by atoms with E-state index in [-0.39, 0.29) is 11.8 Å². The average Bonchev–Trinajstić information content (AvgIpc) is 3.06. The molecule has 0 aliphatic heterocycles. The van der Waals surface area contributed by atoms with Gasteiger partial charge in [0.1, 0.15) is 12.4 Å². The van der Waals surface area contributed by atoms with Gasteiger partial charge in [-0.05, 0) is 42.0 Å². The van der Waals surface area contributed by atoms with Gasteiger partial charge in [-0.3, -0.25) is 4.79 Å². The maximum absolute atomic E-state index is 12.1. The zero-order valence-electron chi connectivity index (χ0n) is 13.5. The molecule has 0 aliphatic rings. The molecule has 1 amide bonds. The number of aliphatic hydroxyl groups is 1. The SMILES string of the molecule is CC(C)C(O)CCNC(=O)c1cccc(OCc2cccs2)c1. The Morgan fingerprint density at radius 1 is 1.30 bits per heavy atom. The van der Waals surface area contributed by atoms with E-state index in [1.165, 1.54) is 0 Å². The Hall–Kier alpha value is -1.85. The number of carbonyl (C=O) groups excluding carboxylic acids is 1. The van der Waals surface area contributed by atoms with Crippen molar-refractivity contribution >= 4 is 17.2 Å². The van der Waals surface area contributed by atoms with Gasteiger partial charge in [0, 0.05) is 17.0 Å². The molecule has 4 nitrogen and oxygen atoms in total. The van der Waals surface area contributed by atoms with E-state index in [9.17, 15) is 9.90 Å². The summed E-state index contributed by atoms with van der Waals surface area (Å²) in [6.45, 7) is 4.88. The molecule has 23 heavy (non-hydrogen) atoms. The number of hydrogen-bond donors (Lipinski definition) is 2. The van der Waals surface area contributed by atoms with Crippen LogP contribution in [0.3, 0.4) is 0 Å². The molecule has 124 valence electrons. The smallest absolute Gasteiger partial charge is 0.251 e. The lowest BCUT2D eigenvalue weighted by Crippen LogP contribution is -2.28. The number of thiophene rings is 1. The molecule has 0 fully saturated rings. The fourth-order valence-corrected chi connectivity index (χ4v) is 2.66. The van der Waals surface area contributed by atoms with Crippen molar-refractivity contribution in [2.45, 2.75) is 33.0 Å².